The van der Waals surface area contributed by atoms with E-state index in [0.29, 0.717) is 0 Å². The minimum Gasteiger partial charge on any atom is -0.371 e. The van der Waals surface area contributed by atoms with Gasteiger partial charge in [-0.25, -0.2) is 8.78 Å². The molecule has 1 rings (SSSR count). The summed E-state index contributed by atoms with van der Waals surface area (Å²) in [6, 6.07) is -0.0817. The van der Waals surface area contributed by atoms with Crippen LogP contribution in [0.1, 0.15) is 33.1 Å². The van der Waals surface area contributed by atoms with Gasteiger partial charge in [0.1, 0.15) is 6.61 Å². The van der Waals surface area contributed by atoms with Crippen LogP contribution in [0.4, 0.5) is 8.78 Å². The molecular weight excluding hydrogens is 188 g/mol. The van der Waals surface area contributed by atoms with Crippen molar-refractivity contribution in [1.82, 2.24) is 0 Å². The first-order valence-electron chi connectivity index (χ1n) is 5.06. The van der Waals surface area contributed by atoms with E-state index < -0.39 is 13.0 Å². The molecule has 0 spiro atoms. The standard InChI is InChI=1S/C10H19F2NO/c1-10(2)4-3-7(13)8(5-10)14-6-9(11)12/h7-9H,3-6,13H2,1-2H3. The van der Waals surface area contributed by atoms with Crippen molar-refractivity contribution in [3.05, 3.63) is 0 Å². The zero-order valence-electron chi connectivity index (χ0n) is 8.80. The third-order valence-corrected chi connectivity index (χ3v) is 2.82. The van der Waals surface area contributed by atoms with E-state index >= 15 is 0 Å². The van der Waals surface area contributed by atoms with E-state index in [4.69, 9.17) is 10.5 Å². The van der Waals surface area contributed by atoms with Crippen molar-refractivity contribution >= 4 is 0 Å². The molecule has 2 atom stereocenters. The fraction of sp³-hybridized carbons (Fsp3) is 1.00. The Kier molecular flexibility index (Phi) is 3.84. The molecule has 0 aromatic heterocycles. The molecule has 2 nitrogen and oxygen atoms in total. The van der Waals surface area contributed by atoms with Crippen LogP contribution in [0.2, 0.25) is 0 Å². The van der Waals surface area contributed by atoms with Gasteiger partial charge in [0.05, 0.1) is 6.10 Å². The van der Waals surface area contributed by atoms with E-state index in [-0.39, 0.29) is 17.6 Å². The van der Waals surface area contributed by atoms with Gasteiger partial charge in [-0.15, -0.1) is 0 Å². The van der Waals surface area contributed by atoms with E-state index in [0.717, 1.165) is 19.3 Å². The first kappa shape index (κ1) is 11.9. The Labute approximate surface area is 83.8 Å². The van der Waals surface area contributed by atoms with Gasteiger partial charge >= 0.3 is 0 Å². The molecule has 0 radical (unpaired) electrons. The van der Waals surface area contributed by atoms with Crippen molar-refractivity contribution in [2.24, 2.45) is 11.1 Å². The number of hydrogen-bond acceptors (Lipinski definition) is 2. The lowest BCUT2D eigenvalue weighted by Gasteiger charge is -2.38. The van der Waals surface area contributed by atoms with Crippen molar-refractivity contribution in [3.63, 3.8) is 0 Å². The molecule has 2 unspecified atom stereocenters. The second-order valence-electron chi connectivity index (χ2n) is 4.83. The van der Waals surface area contributed by atoms with Crippen LogP contribution < -0.4 is 5.73 Å². The molecule has 2 N–H and O–H groups in total. The molecule has 1 saturated carbocycles. The van der Waals surface area contributed by atoms with Gasteiger partial charge in [-0.2, -0.15) is 0 Å². The normalized spacial score (nSPS) is 32.1. The molecule has 14 heavy (non-hydrogen) atoms. The summed E-state index contributed by atoms with van der Waals surface area (Å²) in [4.78, 5) is 0. The summed E-state index contributed by atoms with van der Waals surface area (Å²) in [5, 5.41) is 0. The highest BCUT2D eigenvalue weighted by molar-refractivity contribution is 4.87. The summed E-state index contributed by atoms with van der Waals surface area (Å²) >= 11 is 0. The van der Waals surface area contributed by atoms with Crippen LogP contribution in [0.5, 0.6) is 0 Å². The van der Waals surface area contributed by atoms with Crippen LogP contribution in [-0.4, -0.2) is 25.2 Å². The summed E-state index contributed by atoms with van der Waals surface area (Å²) in [6.45, 7) is 3.75. The highest BCUT2D eigenvalue weighted by Crippen LogP contribution is 2.36. The molecule has 0 saturated heterocycles. The van der Waals surface area contributed by atoms with Gasteiger partial charge in [0.25, 0.3) is 6.43 Å². The molecule has 0 bridgehead atoms. The highest BCUT2D eigenvalue weighted by atomic mass is 19.3. The lowest BCUT2D eigenvalue weighted by atomic mass is 9.74. The molecule has 84 valence electrons. The number of rotatable bonds is 3. The van der Waals surface area contributed by atoms with Crippen LogP contribution in [0, 0.1) is 5.41 Å². The Bertz CT molecular complexity index is 185. The van der Waals surface area contributed by atoms with Gasteiger partial charge in [0, 0.05) is 6.04 Å². The average molecular weight is 207 g/mol. The third kappa shape index (κ3) is 3.50. The van der Waals surface area contributed by atoms with Crippen LogP contribution >= 0.6 is 0 Å². The third-order valence-electron chi connectivity index (χ3n) is 2.82. The van der Waals surface area contributed by atoms with Crippen molar-refractivity contribution in [2.45, 2.75) is 51.7 Å². The molecule has 0 aromatic carbocycles. The fourth-order valence-electron chi connectivity index (χ4n) is 1.92. The van der Waals surface area contributed by atoms with Crippen molar-refractivity contribution < 1.29 is 13.5 Å². The quantitative estimate of drug-likeness (QED) is 0.769. The topological polar surface area (TPSA) is 35.2 Å². The largest absolute Gasteiger partial charge is 0.371 e. The van der Waals surface area contributed by atoms with Crippen molar-refractivity contribution in [2.75, 3.05) is 6.61 Å². The molecule has 0 aromatic rings. The van der Waals surface area contributed by atoms with E-state index in [2.05, 4.69) is 13.8 Å². The van der Waals surface area contributed by atoms with Crippen molar-refractivity contribution in [3.8, 4) is 0 Å². The lowest BCUT2D eigenvalue weighted by Crippen LogP contribution is -2.45. The number of hydrogen-bond donors (Lipinski definition) is 1. The molecule has 4 heteroatoms. The molecule has 1 aliphatic rings. The maximum absolute atomic E-state index is 11.9. The van der Waals surface area contributed by atoms with E-state index in [9.17, 15) is 8.78 Å². The maximum atomic E-state index is 11.9. The van der Waals surface area contributed by atoms with Gasteiger partial charge in [0.15, 0.2) is 0 Å². The zero-order valence-corrected chi connectivity index (χ0v) is 8.80. The predicted octanol–water partition coefficient (Wildman–Crippen LogP) is 2.17. The Balaban J connectivity index is 2.41. The van der Waals surface area contributed by atoms with Gasteiger partial charge in [-0.3, -0.25) is 0 Å². The Morgan fingerprint density at radius 1 is 1.50 bits per heavy atom. The zero-order chi connectivity index (χ0) is 10.8. The number of halogens is 2. The van der Waals surface area contributed by atoms with Crippen LogP contribution in [0.3, 0.4) is 0 Å². The Morgan fingerprint density at radius 3 is 2.71 bits per heavy atom. The molecule has 0 heterocycles. The summed E-state index contributed by atoms with van der Waals surface area (Å²) in [6.07, 6.45) is 0.0878. The average Bonchev–Trinajstić information content (AvgIpc) is 2.06. The van der Waals surface area contributed by atoms with Gasteiger partial charge in [0.2, 0.25) is 0 Å². The van der Waals surface area contributed by atoms with Crippen LogP contribution in [0.15, 0.2) is 0 Å². The highest BCUT2D eigenvalue weighted by Gasteiger charge is 2.33. The summed E-state index contributed by atoms with van der Waals surface area (Å²) in [7, 11) is 0. The Morgan fingerprint density at radius 2 is 2.14 bits per heavy atom. The second kappa shape index (κ2) is 4.53. The van der Waals surface area contributed by atoms with E-state index in [1.54, 1.807) is 0 Å². The SMILES string of the molecule is CC1(C)CCC(N)C(OCC(F)F)C1. The monoisotopic (exact) mass is 207 g/mol. The van der Waals surface area contributed by atoms with Gasteiger partial charge in [-0.1, -0.05) is 13.8 Å². The maximum Gasteiger partial charge on any atom is 0.261 e. The van der Waals surface area contributed by atoms with Gasteiger partial charge in [-0.05, 0) is 24.7 Å². The van der Waals surface area contributed by atoms with Crippen LogP contribution in [0.25, 0.3) is 0 Å². The fourth-order valence-corrected chi connectivity index (χ4v) is 1.92. The van der Waals surface area contributed by atoms with Crippen molar-refractivity contribution in [1.29, 1.82) is 0 Å². The lowest BCUT2D eigenvalue weighted by molar-refractivity contribution is -0.0631. The number of ether oxygens (including phenoxy) is 1. The summed E-state index contributed by atoms with van der Waals surface area (Å²) in [5.41, 5.74) is 5.99. The van der Waals surface area contributed by atoms with E-state index in [1.165, 1.54) is 0 Å². The molecular formula is C10H19F2NO. The first-order chi connectivity index (χ1) is 6.41. The molecule has 0 aliphatic heterocycles. The second-order valence-corrected chi connectivity index (χ2v) is 4.83. The molecule has 1 fully saturated rings. The summed E-state index contributed by atoms with van der Waals surface area (Å²) in [5.74, 6) is 0. The number of alkyl halides is 2. The predicted molar refractivity (Wildman–Crippen MR) is 51.4 cm³/mol. The van der Waals surface area contributed by atoms with Gasteiger partial charge < -0.3 is 10.5 Å². The minimum absolute atomic E-state index is 0.0817. The molecule has 1 aliphatic carbocycles. The Hall–Kier alpha value is -0.220. The summed E-state index contributed by atoms with van der Waals surface area (Å²) < 4.78 is 29.0. The first-order valence-corrected chi connectivity index (χ1v) is 5.06. The number of nitrogens with two attached hydrogens (primary N) is 1. The van der Waals surface area contributed by atoms with Crippen LogP contribution in [-0.2, 0) is 4.74 Å². The minimum atomic E-state index is -2.40. The smallest absolute Gasteiger partial charge is 0.261 e. The van der Waals surface area contributed by atoms with E-state index in [1.807, 2.05) is 0 Å². The molecule has 0 amide bonds.